The van der Waals surface area contributed by atoms with Crippen molar-refractivity contribution in [1.29, 1.82) is 0 Å². The lowest BCUT2D eigenvalue weighted by Gasteiger charge is -2.16. The molecular weight excluding hydrogens is 250 g/mol. The highest BCUT2D eigenvalue weighted by Gasteiger charge is 2.10. The van der Waals surface area contributed by atoms with Crippen molar-refractivity contribution in [3.05, 3.63) is 36.0 Å². The van der Waals surface area contributed by atoms with Gasteiger partial charge in [-0.15, -0.1) is 0 Å². The molecule has 0 fully saturated rings. The largest absolute Gasteiger partial charge is 0.396 e. The van der Waals surface area contributed by atoms with Gasteiger partial charge in [0.2, 0.25) is 0 Å². The standard InChI is InChI=1S/C14H16F2N2O/c1-9(3-2-6-19)18-13-4-5-17-14-11(13)7-10(15)8-12(14)16/h4-5,7-9,19H,2-3,6H2,1H3,(H,17,18). The van der Waals surface area contributed by atoms with Crippen molar-refractivity contribution in [2.75, 3.05) is 11.9 Å². The minimum Gasteiger partial charge on any atom is -0.396 e. The van der Waals surface area contributed by atoms with E-state index in [-0.39, 0.29) is 18.2 Å². The van der Waals surface area contributed by atoms with E-state index in [0.717, 1.165) is 12.5 Å². The van der Waals surface area contributed by atoms with Gasteiger partial charge in [0, 0.05) is 36.0 Å². The molecule has 1 aromatic carbocycles. The SMILES string of the molecule is CC(CCCO)Nc1ccnc2c(F)cc(F)cc12. The van der Waals surface area contributed by atoms with Gasteiger partial charge in [-0.2, -0.15) is 0 Å². The number of benzene rings is 1. The zero-order valence-corrected chi connectivity index (χ0v) is 10.7. The maximum atomic E-state index is 13.6. The molecule has 3 nitrogen and oxygen atoms in total. The first-order valence-electron chi connectivity index (χ1n) is 6.23. The predicted octanol–water partition coefficient (Wildman–Crippen LogP) is 3.09. The molecule has 2 N–H and O–H groups in total. The first-order chi connectivity index (χ1) is 9.11. The molecule has 1 heterocycles. The summed E-state index contributed by atoms with van der Waals surface area (Å²) in [7, 11) is 0. The van der Waals surface area contributed by atoms with E-state index in [1.165, 1.54) is 12.3 Å². The van der Waals surface area contributed by atoms with Crippen LogP contribution in [-0.2, 0) is 0 Å². The van der Waals surface area contributed by atoms with E-state index >= 15 is 0 Å². The number of nitrogens with zero attached hydrogens (tertiary/aromatic N) is 1. The van der Waals surface area contributed by atoms with Gasteiger partial charge in [-0.3, -0.25) is 4.98 Å². The molecule has 2 rings (SSSR count). The molecule has 0 aliphatic heterocycles. The van der Waals surface area contributed by atoms with Crippen LogP contribution in [-0.4, -0.2) is 22.7 Å². The summed E-state index contributed by atoms with van der Waals surface area (Å²) in [6, 6.07) is 3.89. The van der Waals surface area contributed by atoms with Crippen molar-refractivity contribution in [3.63, 3.8) is 0 Å². The summed E-state index contributed by atoms with van der Waals surface area (Å²) in [5, 5.41) is 12.4. The number of anilines is 1. The molecule has 2 aromatic rings. The fraction of sp³-hybridized carbons (Fsp3) is 0.357. The van der Waals surface area contributed by atoms with E-state index in [1.807, 2.05) is 6.92 Å². The highest BCUT2D eigenvalue weighted by molar-refractivity contribution is 5.91. The molecule has 1 aromatic heterocycles. The number of aliphatic hydroxyl groups is 1. The molecule has 1 atom stereocenters. The van der Waals surface area contributed by atoms with Crippen molar-refractivity contribution in [2.24, 2.45) is 0 Å². The lowest BCUT2D eigenvalue weighted by Crippen LogP contribution is -2.15. The summed E-state index contributed by atoms with van der Waals surface area (Å²) in [6.07, 6.45) is 2.95. The van der Waals surface area contributed by atoms with Gasteiger partial charge in [-0.05, 0) is 31.9 Å². The summed E-state index contributed by atoms with van der Waals surface area (Å²) in [4.78, 5) is 3.93. The topological polar surface area (TPSA) is 45.1 Å². The average Bonchev–Trinajstić information content (AvgIpc) is 2.37. The minimum atomic E-state index is -0.665. The van der Waals surface area contributed by atoms with Gasteiger partial charge in [0.1, 0.15) is 11.3 Å². The Morgan fingerprint density at radius 1 is 1.37 bits per heavy atom. The van der Waals surface area contributed by atoms with Crippen LogP contribution in [0.15, 0.2) is 24.4 Å². The summed E-state index contributed by atoms with van der Waals surface area (Å²) in [6.45, 7) is 2.09. The maximum Gasteiger partial charge on any atom is 0.152 e. The van der Waals surface area contributed by atoms with Gasteiger partial charge >= 0.3 is 0 Å². The molecule has 0 saturated carbocycles. The zero-order chi connectivity index (χ0) is 13.8. The van der Waals surface area contributed by atoms with Gasteiger partial charge in [0.15, 0.2) is 5.82 Å². The average molecular weight is 266 g/mol. The highest BCUT2D eigenvalue weighted by atomic mass is 19.1. The first kappa shape index (κ1) is 13.7. The number of aliphatic hydroxyl groups excluding tert-OH is 1. The smallest absolute Gasteiger partial charge is 0.152 e. The summed E-state index contributed by atoms with van der Waals surface area (Å²) in [5.74, 6) is -1.29. The van der Waals surface area contributed by atoms with Gasteiger partial charge in [-0.1, -0.05) is 0 Å². The third-order valence-electron chi connectivity index (χ3n) is 2.96. The normalized spacial score (nSPS) is 12.6. The zero-order valence-electron chi connectivity index (χ0n) is 10.7. The molecule has 0 spiro atoms. The number of aromatic nitrogens is 1. The number of nitrogens with one attached hydrogen (secondary N) is 1. The van der Waals surface area contributed by atoms with Crippen LogP contribution in [0.5, 0.6) is 0 Å². The molecule has 0 bridgehead atoms. The summed E-state index contributed by atoms with van der Waals surface area (Å²) >= 11 is 0. The molecule has 0 aliphatic rings. The van der Waals surface area contributed by atoms with Crippen LogP contribution in [0.25, 0.3) is 10.9 Å². The second-order valence-corrected chi connectivity index (χ2v) is 4.55. The van der Waals surface area contributed by atoms with E-state index in [2.05, 4.69) is 10.3 Å². The van der Waals surface area contributed by atoms with Gasteiger partial charge in [0.05, 0.1) is 0 Å². The van der Waals surface area contributed by atoms with Crippen LogP contribution < -0.4 is 5.32 Å². The maximum absolute atomic E-state index is 13.6. The van der Waals surface area contributed by atoms with Crippen molar-refractivity contribution < 1.29 is 13.9 Å². The molecule has 1 unspecified atom stereocenters. The highest BCUT2D eigenvalue weighted by Crippen LogP contribution is 2.25. The van der Waals surface area contributed by atoms with E-state index < -0.39 is 11.6 Å². The molecule has 0 aliphatic carbocycles. The number of hydrogen-bond acceptors (Lipinski definition) is 3. The van der Waals surface area contributed by atoms with Gasteiger partial charge in [0.25, 0.3) is 0 Å². The van der Waals surface area contributed by atoms with E-state index in [9.17, 15) is 8.78 Å². The Balaban J connectivity index is 2.33. The van der Waals surface area contributed by atoms with Crippen molar-refractivity contribution in [2.45, 2.75) is 25.8 Å². The number of rotatable bonds is 5. The predicted molar refractivity (Wildman–Crippen MR) is 71.1 cm³/mol. The first-order valence-corrected chi connectivity index (χ1v) is 6.23. The number of halogens is 2. The molecule has 0 radical (unpaired) electrons. The quantitative estimate of drug-likeness (QED) is 0.874. The van der Waals surface area contributed by atoms with Crippen LogP contribution in [0.3, 0.4) is 0 Å². The Kier molecular flexibility index (Phi) is 4.27. The molecule has 5 heteroatoms. The van der Waals surface area contributed by atoms with Crippen LogP contribution in [0, 0.1) is 11.6 Å². The van der Waals surface area contributed by atoms with Gasteiger partial charge < -0.3 is 10.4 Å². The number of fused-ring (bicyclic) bond motifs is 1. The van der Waals surface area contributed by atoms with E-state index in [1.54, 1.807) is 6.07 Å². The third kappa shape index (κ3) is 3.17. The van der Waals surface area contributed by atoms with Crippen LogP contribution in [0.2, 0.25) is 0 Å². The lowest BCUT2D eigenvalue weighted by atomic mass is 10.1. The van der Waals surface area contributed by atoms with Crippen LogP contribution in [0.4, 0.5) is 14.5 Å². The minimum absolute atomic E-state index is 0.101. The van der Waals surface area contributed by atoms with Crippen LogP contribution >= 0.6 is 0 Å². The Bertz CT molecular complexity index is 575. The lowest BCUT2D eigenvalue weighted by molar-refractivity contribution is 0.282. The molecule has 0 saturated heterocycles. The Morgan fingerprint density at radius 2 is 2.16 bits per heavy atom. The molecule has 102 valence electrons. The monoisotopic (exact) mass is 266 g/mol. The summed E-state index contributed by atoms with van der Waals surface area (Å²) < 4.78 is 26.9. The fourth-order valence-corrected chi connectivity index (χ4v) is 2.04. The van der Waals surface area contributed by atoms with Crippen LogP contribution in [0.1, 0.15) is 19.8 Å². The summed E-state index contributed by atoms with van der Waals surface area (Å²) in [5.41, 5.74) is 0.801. The number of hydrogen-bond donors (Lipinski definition) is 2. The van der Waals surface area contributed by atoms with E-state index in [0.29, 0.717) is 17.5 Å². The third-order valence-corrected chi connectivity index (χ3v) is 2.96. The Labute approximate surface area is 110 Å². The molecule has 19 heavy (non-hydrogen) atoms. The fourth-order valence-electron chi connectivity index (χ4n) is 2.04. The Morgan fingerprint density at radius 3 is 2.89 bits per heavy atom. The van der Waals surface area contributed by atoms with Crippen molar-refractivity contribution in [1.82, 2.24) is 4.98 Å². The van der Waals surface area contributed by atoms with Crippen molar-refractivity contribution >= 4 is 16.6 Å². The second kappa shape index (κ2) is 5.93. The number of pyridine rings is 1. The molecule has 0 amide bonds. The van der Waals surface area contributed by atoms with E-state index in [4.69, 9.17) is 5.11 Å². The molecular formula is C14H16F2N2O. The van der Waals surface area contributed by atoms with Gasteiger partial charge in [-0.25, -0.2) is 8.78 Å². The Hall–Kier alpha value is -1.75. The second-order valence-electron chi connectivity index (χ2n) is 4.55. The van der Waals surface area contributed by atoms with Crippen molar-refractivity contribution in [3.8, 4) is 0 Å².